The van der Waals surface area contributed by atoms with Crippen molar-refractivity contribution in [2.75, 3.05) is 11.2 Å². The van der Waals surface area contributed by atoms with Gasteiger partial charge in [0.25, 0.3) is 0 Å². The Hall–Kier alpha value is -1.75. The Kier molecular flexibility index (Phi) is 4.78. The summed E-state index contributed by atoms with van der Waals surface area (Å²) in [5.41, 5.74) is 0.690. The molecule has 1 rings (SSSR count). The van der Waals surface area contributed by atoms with Gasteiger partial charge >= 0.3 is 5.97 Å². The number of rotatable bonds is 5. The number of carbonyl (C=O) groups excluding carboxylic acids is 1. The van der Waals surface area contributed by atoms with E-state index in [9.17, 15) is 14.7 Å². The van der Waals surface area contributed by atoms with Crippen molar-refractivity contribution < 1.29 is 19.8 Å². The maximum Gasteiger partial charge on any atom is 0.307 e. The summed E-state index contributed by atoms with van der Waals surface area (Å²) in [7, 11) is 0. The Labute approximate surface area is 103 Å². The normalized spacial score (nSPS) is 9.94. The van der Waals surface area contributed by atoms with E-state index < -0.39 is 5.97 Å². The van der Waals surface area contributed by atoms with E-state index in [1.165, 1.54) is 18.2 Å². The number of aromatic hydroxyl groups is 1. The van der Waals surface area contributed by atoms with E-state index in [1.54, 1.807) is 0 Å². The van der Waals surface area contributed by atoms with E-state index in [4.69, 9.17) is 16.7 Å². The van der Waals surface area contributed by atoms with Gasteiger partial charge in [-0.15, -0.1) is 11.6 Å². The zero-order valence-corrected chi connectivity index (χ0v) is 9.70. The van der Waals surface area contributed by atoms with Crippen molar-refractivity contribution in [1.29, 1.82) is 0 Å². The number of benzene rings is 1. The number of hydrogen-bond acceptors (Lipinski definition) is 3. The average molecular weight is 258 g/mol. The van der Waals surface area contributed by atoms with Crippen molar-refractivity contribution in [1.82, 2.24) is 0 Å². The molecule has 3 N–H and O–H groups in total. The van der Waals surface area contributed by atoms with Gasteiger partial charge in [-0.05, 0) is 17.7 Å². The van der Waals surface area contributed by atoms with Gasteiger partial charge in [0.05, 0.1) is 12.1 Å². The molecule has 0 saturated heterocycles. The molecule has 1 aromatic carbocycles. The molecule has 0 heterocycles. The molecule has 0 unspecified atom stereocenters. The summed E-state index contributed by atoms with van der Waals surface area (Å²) in [6.45, 7) is 0. The summed E-state index contributed by atoms with van der Waals surface area (Å²) in [6.07, 6.45) is -0.0389. The van der Waals surface area contributed by atoms with Crippen molar-refractivity contribution in [2.45, 2.75) is 12.8 Å². The monoisotopic (exact) mass is 257 g/mol. The molecule has 92 valence electrons. The van der Waals surface area contributed by atoms with E-state index in [0.717, 1.165) is 0 Å². The summed E-state index contributed by atoms with van der Waals surface area (Å²) >= 11 is 5.40. The summed E-state index contributed by atoms with van der Waals surface area (Å²) in [5, 5.41) is 20.6. The Balaban J connectivity index is 2.83. The van der Waals surface area contributed by atoms with E-state index in [-0.39, 0.29) is 36.1 Å². The topological polar surface area (TPSA) is 86.6 Å². The molecular formula is C11H12ClNO4. The van der Waals surface area contributed by atoms with E-state index in [1.807, 2.05) is 0 Å². The molecule has 6 heteroatoms. The molecule has 0 aliphatic rings. The first-order valence-electron chi connectivity index (χ1n) is 4.92. The highest BCUT2D eigenvalue weighted by atomic mass is 35.5. The lowest BCUT2D eigenvalue weighted by Crippen LogP contribution is -2.12. The molecule has 0 aliphatic carbocycles. The summed E-state index contributed by atoms with van der Waals surface area (Å²) in [6, 6.07) is 4.25. The number of nitrogens with one attached hydrogen (secondary N) is 1. The molecule has 1 amide bonds. The second kappa shape index (κ2) is 6.10. The molecular weight excluding hydrogens is 246 g/mol. The number of carboxylic acid groups (broad SMARTS) is 1. The second-order valence-electron chi connectivity index (χ2n) is 3.41. The predicted octanol–water partition coefficient (Wildman–Crippen LogP) is 1.59. The van der Waals surface area contributed by atoms with E-state index in [2.05, 4.69) is 5.32 Å². The molecule has 0 aromatic heterocycles. The van der Waals surface area contributed by atoms with Crippen LogP contribution in [0, 0.1) is 0 Å². The van der Waals surface area contributed by atoms with Crippen LogP contribution >= 0.6 is 11.6 Å². The Morgan fingerprint density at radius 3 is 2.65 bits per heavy atom. The molecule has 0 bridgehead atoms. The fourth-order valence-corrected chi connectivity index (χ4v) is 1.44. The van der Waals surface area contributed by atoms with Gasteiger partial charge in [-0.25, -0.2) is 0 Å². The molecule has 0 spiro atoms. The number of phenolic OH excluding ortho intramolecular Hbond substituents is 1. The first kappa shape index (κ1) is 13.3. The lowest BCUT2D eigenvalue weighted by molar-refractivity contribution is -0.136. The molecule has 0 aliphatic heterocycles. The van der Waals surface area contributed by atoms with Crippen LogP contribution in [0.15, 0.2) is 18.2 Å². The first-order valence-corrected chi connectivity index (χ1v) is 5.46. The van der Waals surface area contributed by atoms with Crippen molar-refractivity contribution >= 4 is 29.2 Å². The van der Waals surface area contributed by atoms with E-state index >= 15 is 0 Å². The van der Waals surface area contributed by atoms with Gasteiger partial charge in [0.15, 0.2) is 0 Å². The van der Waals surface area contributed by atoms with Gasteiger partial charge in [0.1, 0.15) is 5.75 Å². The number of phenols is 1. The summed E-state index contributed by atoms with van der Waals surface area (Å²) in [4.78, 5) is 21.8. The zero-order chi connectivity index (χ0) is 12.8. The minimum absolute atomic E-state index is 0.109. The third kappa shape index (κ3) is 4.32. The van der Waals surface area contributed by atoms with Gasteiger partial charge in [-0.2, -0.15) is 0 Å². The Morgan fingerprint density at radius 1 is 1.35 bits per heavy atom. The number of alkyl halides is 1. The molecule has 5 nitrogen and oxygen atoms in total. The van der Waals surface area contributed by atoms with Crippen molar-refractivity contribution in [3.8, 4) is 5.75 Å². The lowest BCUT2D eigenvalue weighted by Gasteiger charge is -2.08. The maximum absolute atomic E-state index is 11.3. The van der Waals surface area contributed by atoms with Crippen LogP contribution < -0.4 is 5.32 Å². The summed E-state index contributed by atoms with van der Waals surface area (Å²) < 4.78 is 0. The van der Waals surface area contributed by atoms with Gasteiger partial charge in [0, 0.05) is 12.3 Å². The molecule has 17 heavy (non-hydrogen) atoms. The van der Waals surface area contributed by atoms with Crippen LogP contribution in [0.1, 0.15) is 12.0 Å². The molecule has 1 aromatic rings. The quantitative estimate of drug-likeness (QED) is 0.552. The van der Waals surface area contributed by atoms with Crippen LogP contribution in [-0.4, -0.2) is 28.0 Å². The van der Waals surface area contributed by atoms with Crippen LogP contribution in [0.4, 0.5) is 5.69 Å². The fraction of sp³-hybridized carbons (Fsp3) is 0.273. The third-order valence-electron chi connectivity index (χ3n) is 2.01. The minimum atomic E-state index is -0.978. The van der Waals surface area contributed by atoms with Crippen molar-refractivity contribution in [3.05, 3.63) is 23.8 Å². The van der Waals surface area contributed by atoms with Crippen LogP contribution in [0.3, 0.4) is 0 Å². The lowest BCUT2D eigenvalue weighted by atomic mass is 10.1. The second-order valence-corrected chi connectivity index (χ2v) is 3.79. The minimum Gasteiger partial charge on any atom is -0.506 e. The maximum atomic E-state index is 11.3. The van der Waals surface area contributed by atoms with Crippen LogP contribution in [0.5, 0.6) is 5.75 Å². The Bertz CT molecular complexity index is 433. The molecule has 0 atom stereocenters. The number of carboxylic acids is 1. The number of halogens is 1. The molecule has 0 radical (unpaired) electrons. The van der Waals surface area contributed by atoms with Gasteiger partial charge < -0.3 is 15.5 Å². The number of anilines is 1. The highest BCUT2D eigenvalue weighted by Gasteiger charge is 2.08. The average Bonchev–Trinajstić information content (AvgIpc) is 2.22. The van der Waals surface area contributed by atoms with Crippen LogP contribution in [0.25, 0.3) is 0 Å². The third-order valence-corrected chi connectivity index (χ3v) is 2.20. The number of aliphatic carboxylic acids is 1. The standard InChI is InChI=1S/C11H12ClNO4/c12-4-3-10(15)13-8-5-7(6-11(16)17)1-2-9(8)14/h1-2,5,14H,3-4,6H2,(H,13,15)(H,16,17). The van der Waals surface area contributed by atoms with Gasteiger partial charge in [-0.3, -0.25) is 9.59 Å². The molecule has 0 fully saturated rings. The Morgan fingerprint density at radius 2 is 2.06 bits per heavy atom. The molecule has 0 saturated carbocycles. The van der Waals surface area contributed by atoms with Gasteiger partial charge in [0.2, 0.25) is 5.91 Å². The number of amides is 1. The number of carbonyl (C=O) groups is 2. The van der Waals surface area contributed by atoms with Crippen LogP contribution in [0.2, 0.25) is 0 Å². The highest BCUT2D eigenvalue weighted by Crippen LogP contribution is 2.24. The van der Waals surface area contributed by atoms with Crippen molar-refractivity contribution in [2.24, 2.45) is 0 Å². The zero-order valence-electron chi connectivity index (χ0n) is 8.94. The predicted molar refractivity (Wildman–Crippen MR) is 63.4 cm³/mol. The summed E-state index contributed by atoms with van der Waals surface area (Å²) in [5.74, 6) is -1.24. The van der Waals surface area contributed by atoms with Crippen LogP contribution in [-0.2, 0) is 16.0 Å². The fourth-order valence-electron chi connectivity index (χ4n) is 1.27. The smallest absolute Gasteiger partial charge is 0.307 e. The van der Waals surface area contributed by atoms with E-state index in [0.29, 0.717) is 5.56 Å². The van der Waals surface area contributed by atoms with Crippen molar-refractivity contribution in [3.63, 3.8) is 0 Å². The first-order chi connectivity index (χ1) is 8.02. The van der Waals surface area contributed by atoms with Gasteiger partial charge in [-0.1, -0.05) is 6.07 Å². The largest absolute Gasteiger partial charge is 0.506 e. The highest BCUT2D eigenvalue weighted by molar-refractivity contribution is 6.19. The SMILES string of the molecule is O=C(O)Cc1ccc(O)c(NC(=O)CCCl)c1. The number of hydrogen-bond donors (Lipinski definition) is 3.